The zero-order valence-corrected chi connectivity index (χ0v) is 12.9. The Morgan fingerprint density at radius 3 is 2.62 bits per heavy atom. The molecule has 0 aliphatic carbocycles. The number of aryl methyl sites for hydroxylation is 1. The van der Waals surface area contributed by atoms with Gasteiger partial charge in [0.05, 0.1) is 18.0 Å². The summed E-state index contributed by atoms with van der Waals surface area (Å²) in [7, 11) is 1.72. The smallest absolute Gasteiger partial charge is 0.255 e. The zero-order chi connectivity index (χ0) is 16.9. The first-order valence-electron chi connectivity index (χ1n) is 7.28. The summed E-state index contributed by atoms with van der Waals surface area (Å²) >= 11 is 0. The molecule has 3 N–H and O–H groups in total. The number of hydrogen-bond donors (Lipinski definition) is 3. The standard InChI is InChI=1S/C16H16N6O2/c1-22-10-12(9-18-22)15(23)20-14(11-5-3-2-4-6-11)16(24)19-13-7-8-17-21-13/h2-10,14H,1H3,(H,20,23)(H2,17,19,21,24). The maximum Gasteiger partial charge on any atom is 0.255 e. The zero-order valence-electron chi connectivity index (χ0n) is 12.9. The predicted octanol–water partition coefficient (Wildman–Crippen LogP) is 1.25. The van der Waals surface area contributed by atoms with E-state index in [2.05, 4.69) is 25.9 Å². The predicted molar refractivity (Wildman–Crippen MR) is 87.1 cm³/mol. The summed E-state index contributed by atoms with van der Waals surface area (Å²) in [4.78, 5) is 25.0. The highest BCUT2D eigenvalue weighted by Gasteiger charge is 2.24. The van der Waals surface area contributed by atoms with Crippen LogP contribution in [0.3, 0.4) is 0 Å². The number of nitrogens with zero attached hydrogens (tertiary/aromatic N) is 3. The van der Waals surface area contributed by atoms with Crippen molar-refractivity contribution in [3.05, 3.63) is 66.1 Å². The molecule has 0 saturated carbocycles. The number of aromatic nitrogens is 4. The molecule has 0 aliphatic heterocycles. The molecule has 0 fully saturated rings. The molecule has 1 aromatic carbocycles. The Morgan fingerprint density at radius 2 is 2.00 bits per heavy atom. The van der Waals surface area contributed by atoms with Crippen LogP contribution in [0, 0.1) is 0 Å². The highest BCUT2D eigenvalue weighted by molar-refractivity contribution is 6.01. The number of rotatable bonds is 5. The number of nitrogens with one attached hydrogen (secondary N) is 3. The molecule has 0 aliphatic rings. The van der Waals surface area contributed by atoms with Crippen molar-refractivity contribution < 1.29 is 9.59 Å². The number of anilines is 1. The molecule has 24 heavy (non-hydrogen) atoms. The van der Waals surface area contributed by atoms with Crippen LogP contribution in [0.25, 0.3) is 0 Å². The Labute approximate surface area is 137 Å². The van der Waals surface area contributed by atoms with E-state index in [1.54, 1.807) is 31.4 Å². The summed E-state index contributed by atoms with van der Waals surface area (Å²) in [6.45, 7) is 0. The van der Waals surface area contributed by atoms with E-state index in [-0.39, 0.29) is 11.8 Å². The molecule has 0 spiro atoms. The minimum Gasteiger partial charge on any atom is -0.336 e. The molecule has 0 bridgehead atoms. The SMILES string of the molecule is Cn1cc(C(=O)NC(C(=O)Nc2ccn[nH]2)c2ccccc2)cn1. The summed E-state index contributed by atoms with van der Waals surface area (Å²) < 4.78 is 1.52. The molecule has 2 amide bonds. The van der Waals surface area contributed by atoms with E-state index >= 15 is 0 Å². The number of hydrogen-bond acceptors (Lipinski definition) is 4. The summed E-state index contributed by atoms with van der Waals surface area (Å²) in [5, 5.41) is 15.8. The van der Waals surface area contributed by atoms with Crippen LogP contribution in [0.4, 0.5) is 5.82 Å². The van der Waals surface area contributed by atoms with Crippen LogP contribution in [-0.2, 0) is 11.8 Å². The van der Waals surface area contributed by atoms with E-state index < -0.39 is 6.04 Å². The third kappa shape index (κ3) is 3.49. The third-order valence-electron chi connectivity index (χ3n) is 3.40. The van der Waals surface area contributed by atoms with Crippen molar-refractivity contribution in [3.63, 3.8) is 0 Å². The van der Waals surface area contributed by atoms with Crippen molar-refractivity contribution in [2.24, 2.45) is 7.05 Å². The third-order valence-corrected chi connectivity index (χ3v) is 3.40. The van der Waals surface area contributed by atoms with Crippen molar-refractivity contribution in [1.29, 1.82) is 0 Å². The molecule has 3 aromatic rings. The molecule has 3 rings (SSSR count). The second-order valence-corrected chi connectivity index (χ2v) is 5.18. The summed E-state index contributed by atoms with van der Waals surface area (Å²) in [6.07, 6.45) is 4.57. The van der Waals surface area contributed by atoms with Crippen LogP contribution < -0.4 is 10.6 Å². The second-order valence-electron chi connectivity index (χ2n) is 5.18. The van der Waals surface area contributed by atoms with Gasteiger partial charge in [-0.3, -0.25) is 19.4 Å². The molecule has 0 saturated heterocycles. The fourth-order valence-electron chi connectivity index (χ4n) is 2.23. The largest absolute Gasteiger partial charge is 0.336 e. The van der Waals surface area contributed by atoms with Crippen molar-refractivity contribution in [3.8, 4) is 0 Å². The second kappa shape index (κ2) is 6.78. The lowest BCUT2D eigenvalue weighted by atomic mass is 10.1. The fraction of sp³-hybridized carbons (Fsp3) is 0.125. The van der Waals surface area contributed by atoms with E-state index in [1.807, 2.05) is 18.2 Å². The van der Waals surface area contributed by atoms with Gasteiger partial charge in [-0.1, -0.05) is 30.3 Å². The lowest BCUT2D eigenvalue weighted by molar-refractivity contribution is -0.118. The Morgan fingerprint density at radius 1 is 1.21 bits per heavy atom. The first-order valence-corrected chi connectivity index (χ1v) is 7.28. The van der Waals surface area contributed by atoms with Crippen LogP contribution >= 0.6 is 0 Å². The van der Waals surface area contributed by atoms with Crippen LogP contribution in [0.15, 0.2) is 55.0 Å². The Balaban J connectivity index is 1.82. The van der Waals surface area contributed by atoms with Gasteiger partial charge in [0.1, 0.15) is 11.9 Å². The van der Waals surface area contributed by atoms with E-state index in [9.17, 15) is 9.59 Å². The normalized spacial score (nSPS) is 11.7. The highest BCUT2D eigenvalue weighted by atomic mass is 16.2. The molecule has 122 valence electrons. The number of H-pyrrole nitrogens is 1. The lowest BCUT2D eigenvalue weighted by Crippen LogP contribution is -2.37. The van der Waals surface area contributed by atoms with Gasteiger partial charge in [0.2, 0.25) is 0 Å². The molecule has 8 heteroatoms. The van der Waals surface area contributed by atoms with Crippen molar-refractivity contribution in [2.45, 2.75) is 6.04 Å². The quantitative estimate of drug-likeness (QED) is 0.657. The number of aromatic amines is 1. The molecule has 2 heterocycles. The van der Waals surface area contributed by atoms with Gasteiger partial charge < -0.3 is 10.6 Å². The maximum absolute atomic E-state index is 12.6. The molecule has 1 unspecified atom stereocenters. The van der Waals surface area contributed by atoms with Crippen molar-refractivity contribution in [2.75, 3.05) is 5.32 Å². The van der Waals surface area contributed by atoms with Gasteiger partial charge in [0.25, 0.3) is 11.8 Å². The molecule has 8 nitrogen and oxygen atoms in total. The fourth-order valence-corrected chi connectivity index (χ4v) is 2.23. The number of carbonyl (C=O) groups excluding carboxylic acids is 2. The van der Waals surface area contributed by atoms with Gasteiger partial charge in [-0.15, -0.1) is 0 Å². The van der Waals surface area contributed by atoms with Gasteiger partial charge in [0, 0.05) is 19.3 Å². The first kappa shape index (κ1) is 15.5. The van der Waals surface area contributed by atoms with Crippen molar-refractivity contribution in [1.82, 2.24) is 25.3 Å². The van der Waals surface area contributed by atoms with E-state index in [0.717, 1.165) is 0 Å². The Kier molecular flexibility index (Phi) is 4.37. The topological polar surface area (TPSA) is 105 Å². The lowest BCUT2D eigenvalue weighted by Gasteiger charge is -2.18. The molecule has 2 aromatic heterocycles. The van der Waals surface area contributed by atoms with Gasteiger partial charge in [0.15, 0.2) is 0 Å². The summed E-state index contributed by atoms with van der Waals surface area (Å²) in [5.41, 5.74) is 1.06. The monoisotopic (exact) mass is 324 g/mol. The van der Waals surface area contributed by atoms with Crippen LogP contribution in [0.5, 0.6) is 0 Å². The van der Waals surface area contributed by atoms with Crippen LogP contribution in [0.1, 0.15) is 22.0 Å². The summed E-state index contributed by atoms with van der Waals surface area (Å²) in [6, 6.07) is 9.80. The first-order chi connectivity index (χ1) is 11.6. The molecular formula is C16H16N6O2. The molecule has 0 radical (unpaired) electrons. The number of amides is 2. The number of carbonyl (C=O) groups is 2. The van der Waals surface area contributed by atoms with Gasteiger partial charge in [-0.05, 0) is 5.56 Å². The Bertz CT molecular complexity index is 825. The van der Waals surface area contributed by atoms with Gasteiger partial charge in [-0.2, -0.15) is 10.2 Å². The molecular weight excluding hydrogens is 308 g/mol. The Hall–Kier alpha value is -3.42. The minimum absolute atomic E-state index is 0.373. The van der Waals surface area contributed by atoms with Crippen LogP contribution in [0.2, 0.25) is 0 Å². The summed E-state index contributed by atoms with van der Waals surface area (Å²) in [5.74, 6) is -0.295. The van der Waals surface area contributed by atoms with E-state index in [1.165, 1.54) is 17.1 Å². The van der Waals surface area contributed by atoms with Crippen LogP contribution in [-0.4, -0.2) is 31.8 Å². The van der Waals surface area contributed by atoms with E-state index in [4.69, 9.17) is 0 Å². The van der Waals surface area contributed by atoms with Crippen molar-refractivity contribution >= 4 is 17.6 Å². The average molecular weight is 324 g/mol. The minimum atomic E-state index is -0.845. The highest BCUT2D eigenvalue weighted by Crippen LogP contribution is 2.16. The maximum atomic E-state index is 12.6. The van der Waals surface area contributed by atoms with E-state index in [0.29, 0.717) is 16.9 Å². The number of benzene rings is 1. The van der Waals surface area contributed by atoms with Gasteiger partial charge in [-0.25, -0.2) is 0 Å². The molecule has 1 atom stereocenters. The van der Waals surface area contributed by atoms with Gasteiger partial charge >= 0.3 is 0 Å². The average Bonchev–Trinajstić information content (AvgIpc) is 3.24.